The zero-order valence-electron chi connectivity index (χ0n) is 17.1. The number of hydrogen-bond acceptors (Lipinski definition) is 8. The highest BCUT2D eigenvalue weighted by molar-refractivity contribution is 7.92. The molecule has 0 radical (unpaired) electrons. The lowest BCUT2D eigenvalue weighted by Gasteiger charge is -2.16. The van der Waals surface area contributed by atoms with Gasteiger partial charge in [0.1, 0.15) is 22.1 Å². The van der Waals surface area contributed by atoms with Gasteiger partial charge in [0.2, 0.25) is 0 Å². The Hall–Kier alpha value is -3.18. The van der Waals surface area contributed by atoms with Crippen molar-refractivity contribution in [1.82, 2.24) is 5.32 Å². The number of anilines is 1. The third kappa shape index (κ3) is 5.70. The Morgan fingerprint density at radius 1 is 0.968 bits per heavy atom. The molecule has 2 N–H and O–H groups in total. The first kappa shape index (κ1) is 24.1. The molecular weight excluding hydrogens is 452 g/mol. The largest absolute Gasteiger partial charge is 0.495 e. The van der Waals surface area contributed by atoms with E-state index in [9.17, 15) is 18.0 Å². The number of carbonyl (C=O) groups is 2. The maximum atomic E-state index is 13.1. The van der Waals surface area contributed by atoms with Gasteiger partial charge in [0.05, 0.1) is 37.6 Å². The van der Waals surface area contributed by atoms with Crippen molar-refractivity contribution in [2.75, 3.05) is 39.7 Å². The van der Waals surface area contributed by atoms with Crippen LogP contribution < -0.4 is 24.2 Å². The summed E-state index contributed by atoms with van der Waals surface area (Å²) in [5, 5.41) is 2.46. The summed E-state index contributed by atoms with van der Waals surface area (Å²) in [5.74, 6) is -0.966. The topological polar surface area (TPSA) is 129 Å². The second-order valence-corrected chi connectivity index (χ2v) is 7.97. The smallest absolute Gasteiger partial charge is 0.338 e. The first-order valence-corrected chi connectivity index (χ1v) is 10.5. The molecule has 0 saturated heterocycles. The lowest BCUT2D eigenvalue weighted by atomic mass is 10.2. The van der Waals surface area contributed by atoms with Crippen LogP contribution in [0.15, 0.2) is 35.2 Å². The Balaban J connectivity index is 2.43. The van der Waals surface area contributed by atoms with Crippen molar-refractivity contribution in [3.63, 3.8) is 0 Å². The van der Waals surface area contributed by atoms with Crippen LogP contribution >= 0.6 is 11.6 Å². The standard InChI is InChI=1S/C19H21ClN2O8S/c1-21-18(23)10-30-19(24)11-5-6-14(27-2)17(7-11)31(25,26)22-13-8-12(20)15(28-3)9-16(13)29-4/h5-9,22H,10H2,1-4H3,(H,21,23). The fourth-order valence-electron chi connectivity index (χ4n) is 2.44. The van der Waals surface area contributed by atoms with Gasteiger partial charge < -0.3 is 24.3 Å². The van der Waals surface area contributed by atoms with Crippen LogP contribution in [0.2, 0.25) is 5.02 Å². The van der Waals surface area contributed by atoms with Crippen LogP contribution in [0, 0.1) is 0 Å². The maximum absolute atomic E-state index is 13.1. The van der Waals surface area contributed by atoms with Crippen LogP contribution in [-0.4, -0.2) is 55.3 Å². The Morgan fingerprint density at radius 3 is 2.19 bits per heavy atom. The quantitative estimate of drug-likeness (QED) is 0.530. The SMILES string of the molecule is CNC(=O)COC(=O)c1ccc(OC)c(S(=O)(=O)Nc2cc(Cl)c(OC)cc2OC)c1. The highest BCUT2D eigenvalue weighted by atomic mass is 35.5. The van der Waals surface area contributed by atoms with Gasteiger partial charge in [-0.25, -0.2) is 13.2 Å². The number of rotatable bonds is 9. The Bertz CT molecular complexity index is 1090. The summed E-state index contributed by atoms with van der Waals surface area (Å²) in [5.41, 5.74) is -0.0484. The normalized spacial score (nSPS) is 10.7. The van der Waals surface area contributed by atoms with Gasteiger partial charge in [-0.15, -0.1) is 0 Å². The average Bonchev–Trinajstić information content (AvgIpc) is 2.76. The van der Waals surface area contributed by atoms with Crippen LogP contribution in [0.1, 0.15) is 10.4 Å². The van der Waals surface area contributed by atoms with E-state index >= 15 is 0 Å². The number of carbonyl (C=O) groups excluding carboxylic acids is 2. The number of methoxy groups -OCH3 is 3. The van der Waals surface area contributed by atoms with Gasteiger partial charge in [-0.05, 0) is 24.3 Å². The first-order valence-electron chi connectivity index (χ1n) is 8.67. The summed E-state index contributed by atoms with van der Waals surface area (Å²) < 4.78 is 48.8. The number of nitrogens with one attached hydrogen (secondary N) is 2. The molecule has 0 unspecified atom stereocenters. The van der Waals surface area contributed by atoms with Gasteiger partial charge in [0.15, 0.2) is 6.61 Å². The number of halogens is 1. The molecule has 0 bridgehead atoms. The highest BCUT2D eigenvalue weighted by Gasteiger charge is 2.24. The minimum absolute atomic E-state index is 0.0195. The lowest BCUT2D eigenvalue weighted by Crippen LogP contribution is -2.25. The molecule has 10 nitrogen and oxygen atoms in total. The molecule has 2 aromatic rings. The Morgan fingerprint density at radius 2 is 1.61 bits per heavy atom. The number of benzene rings is 2. The molecule has 168 valence electrons. The highest BCUT2D eigenvalue weighted by Crippen LogP contribution is 2.37. The van der Waals surface area contributed by atoms with E-state index in [2.05, 4.69) is 10.0 Å². The summed E-state index contributed by atoms with van der Waals surface area (Å²) in [6.07, 6.45) is 0. The summed E-state index contributed by atoms with van der Waals surface area (Å²) in [4.78, 5) is 23.1. The maximum Gasteiger partial charge on any atom is 0.338 e. The Labute approximate surface area is 184 Å². The van der Waals surface area contributed by atoms with Crippen LogP contribution in [0.3, 0.4) is 0 Å². The molecule has 12 heteroatoms. The van der Waals surface area contributed by atoms with Crippen molar-refractivity contribution < 1.29 is 37.0 Å². The van der Waals surface area contributed by atoms with E-state index in [0.717, 1.165) is 6.07 Å². The average molecular weight is 473 g/mol. The predicted molar refractivity (Wildman–Crippen MR) is 113 cm³/mol. The molecule has 2 rings (SSSR count). The molecule has 0 aliphatic carbocycles. The zero-order valence-corrected chi connectivity index (χ0v) is 18.7. The van der Waals surface area contributed by atoms with E-state index in [1.165, 1.54) is 52.6 Å². The van der Waals surface area contributed by atoms with Gasteiger partial charge >= 0.3 is 5.97 Å². The number of hydrogen-bond donors (Lipinski definition) is 2. The van der Waals surface area contributed by atoms with Gasteiger partial charge in [-0.3, -0.25) is 9.52 Å². The van der Waals surface area contributed by atoms with E-state index in [1.54, 1.807) is 0 Å². The molecule has 0 aliphatic heterocycles. The van der Waals surface area contributed by atoms with E-state index in [-0.39, 0.29) is 32.7 Å². The second-order valence-electron chi connectivity index (χ2n) is 5.91. The fraction of sp³-hybridized carbons (Fsp3) is 0.263. The minimum Gasteiger partial charge on any atom is -0.495 e. The molecular formula is C19H21ClN2O8S. The van der Waals surface area contributed by atoms with Crippen molar-refractivity contribution in [1.29, 1.82) is 0 Å². The molecule has 0 saturated carbocycles. The van der Waals surface area contributed by atoms with Gasteiger partial charge in [0, 0.05) is 13.1 Å². The van der Waals surface area contributed by atoms with Crippen molar-refractivity contribution in [3.05, 3.63) is 40.9 Å². The van der Waals surface area contributed by atoms with Crippen molar-refractivity contribution in [3.8, 4) is 17.2 Å². The van der Waals surface area contributed by atoms with Gasteiger partial charge in [-0.2, -0.15) is 0 Å². The number of sulfonamides is 1. The van der Waals surface area contributed by atoms with E-state index in [4.69, 9.17) is 30.5 Å². The summed E-state index contributed by atoms with van der Waals surface area (Å²) in [6.45, 7) is -0.511. The van der Waals surface area contributed by atoms with E-state index < -0.39 is 28.5 Å². The van der Waals surface area contributed by atoms with Gasteiger partial charge in [0.25, 0.3) is 15.9 Å². The molecule has 0 heterocycles. The van der Waals surface area contributed by atoms with Crippen molar-refractivity contribution in [2.45, 2.75) is 4.90 Å². The number of amides is 1. The predicted octanol–water partition coefficient (Wildman–Crippen LogP) is 2.07. The third-order valence-electron chi connectivity index (χ3n) is 4.02. The monoisotopic (exact) mass is 472 g/mol. The number of likely N-dealkylation sites (N-methyl/N-ethyl adjacent to an activating group) is 1. The summed E-state index contributed by atoms with van der Waals surface area (Å²) >= 11 is 6.10. The first-order chi connectivity index (χ1) is 14.7. The number of esters is 1. The Kier molecular flexibility index (Phi) is 7.95. The zero-order chi connectivity index (χ0) is 23.2. The summed E-state index contributed by atoms with van der Waals surface area (Å²) in [6, 6.07) is 6.43. The van der Waals surface area contributed by atoms with Crippen LogP contribution in [0.4, 0.5) is 5.69 Å². The molecule has 0 spiro atoms. The molecule has 31 heavy (non-hydrogen) atoms. The molecule has 0 fully saturated rings. The number of ether oxygens (including phenoxy) is 4. The lowest BCUT2D eigenvalue weighted by molar-refractivity contribution is -0.123. The molecule has 0 atom stereocenters. The fourth-order valence-corrected chi connectivity index (χ4v) is 3.94. The molecule has 0 aromatic heterocycles. The van der Waals surface area contributed by atoms with E-state index in [1.807, 2.05) is 0 Å². The van der Waals surface area contributed by atoms with Crippen LogP contribution in [0.25, 0.3) is 0 Å². The third-order valence-corrected chi connectivity index (χ3v) is 5.70. The van der Waals surface area contributed by atoms with Crippen molar-refractivity contribution in [2.24, 2.45) is 0 Å². The van der Waals surface area contributed by atoms with Crippen LogP contribution in [0.5, 0.6) is 17.2 Å². The van der Waals surface area contributed by atoms with Crippen molar-refractivity contribution >= 4 is 39.2 Å². The summed E-state index contributed by atoms with van der Waals surface area (Å²) in [7, 11) is 1.17. The molecule has 2 aromatic carbocycles. The van der Waals surface area contributed by atoms with Gasteiger partial charge in [-0.1, -0.05) is 11.6 Å². The molecule has 0 aliphatic rings. The minimum atomic E-state index is -4.26. The second kappa shape index (κ2) is 10.2. The van der Waals surface area contributed by atoms with E-state index in [0.29, 0.717) is 5.75 Å². The molecule has 1 amide bonds. The van der Waals surface area contributed by atoms with Crippen LogP contribution in [-0.2, 0) is 19.6 Å².